The highest BCUT2D eigenvalue weighted by atomic mass is 32.1. The number of aromatic nitrogens is 2. The van der Waals surface area contributed by atoms with Gasteiger partial charge in [0.2, 0.25) is 6.79 Å². The second-order valence-electron chi connectivity index (χ2n) is 7.71. The highest BCUT2D eigenvalue weighted by molar-refractivity contribution is 7.80. The number of rotatable bonds is 6. The fourth-order valence-electron chi connectivity index (χ4n) is 3.28. The Kier molecular flexibility index (Phi) is 5.85. The lowest BCUT2D eigenvalue weighted by atomic mass is 10.1. The van der Waals surface area contributed by atoms with Crippen LogP contribution in [0.25, 0.3) is 10.9 Å². The number of thiocarbonyl (C=S) groups is 1. The highest BCUT2D eigenvalue weighted by Gasteiger charge is 2.18. The van der Waals surface area contributed by atoms with E-state index < -0.39 is 0 Å². The van der Waals surface area contributed by atoms with Gasteiger partial charge in [-0.2, -0.15) is 0 Å². The first kappa shape index (κ1) is 20.2. The Morgan fingerprint density at radius 1 is 1.27 bits per heavy atom. The van der Waals surface area contributed by atoms with E-state index in [9.17, 15) is 4.79 Å². The van der Waals surface area contributed by atoms with Crippen molar-refractivity contribution in [3.63, 3.8) is 0 Å². The predicted molar refractivity (Wildman–Crippen MR) is 120 cm³/mol. The molecule has 0 spiro atoms. The zero-order valence-corrected chi connectivity index (χ0v) is 17.8. The van der Waals surface area contributed by atoms with Gasteiger partial charge in [0.25, 0.3) is 5.56 Å². The fraction of sp³-hybridized carbons (Fsp3) is 0.318. The Morgan fingerprint density at radius 2 is 2.07 bits per heavy atom. The summed E-state index contributed by atoms with van der Waals surface area (Å²) >= 11 is 5.64. The van der Waals surface area contributed by atoms with Gasteiger partial charge in [0.05, 0.1) is 12.1 Å². The molecular weight excluding hydrogens is 400 g/mol. The monoisotopic (exact) mass is 424 g/mol. The molecule has 1 aliphatic heterocycles. The normalized spacial score (nSPS) is 12.4. The van der Waals surface area contributed by atoms with Crippen molar-refractivity contribution >= 4 is 28.2 Å². The summed E-state index contributed by atoms with van der Waals surface area (Å²) in [4.78, 5) is 21.9. The third-order valence-corrected chi connectivity index (χ3v) is 5.22. The van der Waals surface area contributed by atoms with Gasteiger partial charge in [-0.1, -0.05) is 19.9 Å². The molecule has 0 saturated heterocycles. The molecule has 1 aromatic carbocycles. The van der Waals surface area contributed by atoms with Gasteiger partial charge in [-0.15, -0.1) is 0 Å². The molecule has 156 valence electrons. The molecule has 4 rings (SSSR count). The summed E-state index contributed by atoms with van der Waals surface area (Å²) in [5.41, 5.74) is 2.21. The van der Waals surface area contributed by atoms with Crippen molar-refractivity contribution in [2.75, 3.05) is 13.3 Å². The summed E-state index contributed by atoms with van der Waals surface area (Å²) in [6.07, 6.45) is 3.55. The van der Waals surface area contributed by atoms with E-state index in [0.29, 0.717) is 46.7 Å². The summed E-state index contributed by atoms with van der Waals surface area (Å²) in [5.74, 6) is 1.78. The minimum atomic E-state index is -0.149. The molecule has 0 unspecified atom stereocenters. The maximum Gasteiger partial charge on any atom is 0.253 e. The number of nitrogens with zero attached hydrogens (tertiary/aromatic N) is 2. The second kappa shape index (κ2) is 8.71. The van der Waals surface area contributed by atoms with Gasteiger partial charge in [-0.05, 0) is 41.9 Å². The van der Waals surface area contributed by atoms with Gasteiger partial charge in [-0.25, -0.2) is 0 Å². The fourth-order valence-corrected chi connectivity index (χ4v) is 3.49. The molecule has 30 heavy (non-hydrogen) atoms. The van der Waals surface area contributed by atoms with Crippen LogP contribution in [0.4, 0.5) is 0 Å². The molecular formula is C22H24N4O3S. The van der Waals surface area contributed by atoms with Crippen LogP contribution < -0.4 is 20.3 Å². The molecule has 0 amide bonds. The lowest BCUT2D eigenvalue weighted by Crippen LogP contribution is -2.41. The topological polar surface area (TPSA) is 79.5 Å². The summed E-state index contributed by atoms with van der Waals surface area (Å²) in [7, 11) is 0. The van der Waals surface area contributed by atoms with Gasteiger partial charge in [0, 0.05) is 42.5 Å². The van der Waals surface area contributed by atoms with Crippen LogP contribution in [-0.4, -0.2) is 33.3 Å². The Morgan fingerprint density at radius 3 is 2.80 bits per heavy atom. The van der Waals surface area contributed by atoms with E-state index in [1.54, 1.807) is 12.3 Å². The first-order valence-corrected chi connectivity index (χ1v) is 10.3. The first-order chi connectivity index (χ1) is 14.5. The molecule has 8 heteroatoms. The predicted octanol–water partition coefficient (Wildman–Crippen LogP) is 3.18. The van der Waals surface area contributed by atoms with Crippen LogP contribution in [0.1, 0.15) is 25.0 Å². The molecule has 0 fully saturated rings. The Balaban J connectivity index is 1.63. The first-order valence-electron chi connectivity index (χ1n) is 9.87. The molecule has 3 heterocycles. The molecule has 0 aliphatic carbocycles. The van der Waals surface area contributed by atoms with Crippen LogP contribution in [0, 0.1) is 5.92 Å². The molecule has 1 aliphatic rings. The van der Waals surface area contributed by atoms with E-state index in [-0.39, 0.29) is 12.4 Å². The van der Waals surface area contributed by atoms with Crippen LogP contribution in [0.2, 0.25) is 0 Å². The lowest BCUT2D eigenvalue weighted by molar-refractivity contribution is 0.174. The number of fused-ring (bicyclic) bond motifs is 2. The van der Waals surface area contributed by atoms with Crippen molar-refractivity contribution in [1.82, 2.24) is 20.2 Å². The second-order valence-corrected chi connectivity index (χ2v) is 8.10. The van der Waals surface area contributed by atoms with Crippen molar-refractivity contribution < 1.29 is 9.47 Å². The maximum atomic E-state index is 12.8. The Labute approximate surface area is 180 Å². The molecule has 7 nitrogen and oxygen atoms in total. The molecule has 0 bridgehead atoms. The van der Waals surface area contributed by atoms with Crippen molar-refractivity contribution in [3.8, 4) is 11.5 Å². The number of hydrogen-bond donors (Lipinski definition) is 2. The number of ether oxygens (including phenoxy) is 2. The Bertz CT molecular complexity index is 1110. The zero-order valence-electron chi connectivity index (χ0n) is 17.0. The van der Waals surface area contributed by atoms with E-state index in [0.717, 1.165) is 17.5 Å². The number of H-pyrrole nitrogens is 1. The number of benzene rings is 1. The van der Waals surface area contributed by atoms with E-state index >= 15 is 0 Å². The summed E-state index contributed by atoms with van der Waals surface area (Å²) in [6.45, 7) is 6.13. The van der Waals surface area contributed by atoms with E-state index in [4.69, 9.17) is 21.7 Å². The van der Waals surface area contributed by atoms with Crippen LogP contribution in [-0.2, 0) is 13.1 Å². The number of nitrogens with one attached hydrogen (secondary N) is 2. The van der Waals surface area contributed by atoms with Crippen LogP contribution >= 0.6 is 12.2 Å². The summed E-state index contributed by atoms with van der Waals surface area (Å²) in [5, 5.41) is 4.80. The number of hydrogen-bond acceptors (Lipinski definition) is 5. The molecule has 0 saturated carbocycles. The largest absolute Gasteiger partial charge is 0.454 e. The van der Waals surface area contributed by atoms with Crippen LogP contribution in [0.5, 0.6) is 11.5 Å². The minimum absolute atomic E-state index is 0.149. The van der Waals surface area contributed by atoms with Gasteiger partial charge < -0.3 is 24.7 Å². The van der Waals surface area contributed by atoms with E-state index in [1.165, 1.54) is 0 Å². The van der Waals surface area contributed by atoms with Gasteiger partial charge in [0.1, 0.15) is 0 Å². The van der Waals surface area contributed by atoms with Crippen LogP contribution in [0.3, 0.4) is 0 Å². The molecule has 2 aromatic heterocycles. The van der Waals surface area contributed by atoms with Crippen LogP contribution in [0.15, 0.2) is 47.5 Å². The zero-order chi connectivity index (χ0) is 21.1. The minimum Gasteiger partial charge on any atom is -0.454 e. The SMILES string of the molecule is CC(C)CNC(=S)N(Cc1cccnc1)Cc1cc2cc3c(cc2[nH]c1=O)OCO3. The van der Waals surface area contributed by atoms with E-state index in [1.807, 2.05) is 35.4 Å². The summed E-state index contributed by atoms with van der Waals surface area (Å²) < 4.78 is 10.9. The third kappa shape index (κ3) is 4.54. The van der Waals surface area contributed by atoms with Gasteiger partial charge in [0.15, 0.2) is 16.6 Å². The highest BCUT2D eigenvalue weighted by Crippen LogP contribution is 2.35. The standard InChI is InChI=1S/C22H24N4O3S/c1-14(2)9-24-22(30)26(11-15-4-3-5-23-10-15)12-17-6-16-7-19-20(29-13-28-19)8-18(16)25-21(17)27/h3-8,10,14H,9,11-13H2,1-2H3,(H,24,30)(H,25,27). The van der Waals surface area contributed by atoms with E-state index in [2.05, 4.69) is 29.1 Å². The molecule has 0 atom stereocenters. The average molecular weight is 425 g/mol. The van der Waals surface area contributed by atoms with Gasteiger partial charge >= 0.3 is 0 Å². The average Bonchev–Trinajstić information content (AvgIpc) is 3.18. The third-order valence-electron chi connectivity index (χ3n) is 4.82. The molecule has 2 N–H and O–H groups in total. The molecule has 0 radical (unpaired) electrons. The quantitative estimate of drug-likeness (QED) is 0.589. The number of aromatic amines is 1. The molecule has 3 aromatic rings. The Hall–Kier alpha value is -3.13. The summed E-state index contributed by atoms with van der Waals surface area (Å²) in [6, 6.07) is 9.46. The number of pyridine rings is 2. The maximum absolute atomic E-state index is 12.8. The van der Waals surface area contributed by atoms with Crippen molar-refractivity contribution in [2.24, 2.45) is 5.92 Å². The smallest absolute Gasteiger partial charge is 0.253 e. The van der Waals surface area contributed by atoms with Crippen molar-refractivity contribution in [3.05, 3.63) is 64.2 Å². The lowest BCUT2D eigenvalue weighted by Gasteiger charge is -2.26. The van der Waals surface area contributed by atoms with Gasteiger partial charge in [-0.3, -0.25) is 9.78 Å². The van der Waals surface area contributed by atoms with Crippen molar-refractivity contribution in [1.29, 1.82) is 0 Å². The van der Waals surface area contributed by atoms with Crippen molar-refractivity contribution in [2.45, 2.75) is 26.9 Å².